The maximum absolute atomic E-state index is 10.3. The van der Waals surface area contributed by atoms with E-state index in [0.29, 0.717) is 5.92 Å². The molecule has 2 aliphatic rings. The fraction of sp³-hybridized carbons (Fsp3) is 1.00. The lowest BCUT2D eigenvalue weighted by Crippen LogP contribution is -2.42. The molecule has 0 amide bonds. The van der Waals surface area contributed by atoms with Gasteiger partial charge in [-0.25, -0.2) is 0 Å². The predicted molar refractivity (Wildman–Crippen MR) is 58.2 cm³/mol. The molecule has 82 valence electrons. The zero-order chi connectivity index (χ0) is 10.0. The highest BCUT2D eigenvalue weighted by Gasteiger charge is 2.45. The van der Waals surface area contributed by atoms with Gasteiger partial charge in [-0.2, -0.15) is 0 Å². The van der Waals surface area contributed by atoms with E-state index in [1.165, 1.54) is 32.1 Å². The van der Waals surface area contributed by atoms with Crippen LogP contribution in [0.15, 0.2) is 0 Å². The van der Waals surface area contributed by atoms with Gasteiger partial charge in [-0.15, -0.1) is 0 Å². The quantitative estimate of drug-likeness (QED) is 0.622. The summed E-state index contributed by atoms with van der Waals surface area (Å²) in [5.41, 5.74) is 0.209. The van der Waals surface area contributed by atoms with E-state index in [9.17, 15) is 5.11 Å². The van der Waals surface area contributed by atoms with Crippen molar-refractivity contribution in [3.8, 4) is 0 Å². The molecule has 2 heteroatoms. The van der Waals surface area contributed by atoms with Gasteiger partial charge in [0.1, 0.15) is 0 Å². The number of aliphatic hydroxyl groups is 1. The van der Waals surface area contributed by atoms with Crippen LogP contribution in [0, 0.1) is 11.3 Å². The molecule has 1 aliphatic heterocycles. The minimum Gasteiger partial charge on any atom is -0.392 e. The SMILES string of the molecule is CC1CNCC12CCCCCCC2O. The van der Waals surface area contributed by atoms with Crippen molar-refractivity contribution >= 4 is 0 Å². The van der Waals surface area contributed by atoms with Crippen molar-refractivity contribution in [3.05, 3.63) is 0 Å². The molecule has 2 N–H and O–H groups in total. The largest absolute Gasteiger partial charge is 0.392 e. The molecule has 0 aromatic rings. The van der Waals surface area contributed by atoms with Crippen LogP contribution in [-0.4, -0.2) is 24.3 Å². The number of rotatable bonds is 0. The first kappa shape index (κ1) is 10.4. The Labute approximate surface area is 87.1 Å². The Morgan fingerprint density at radius 3 is 2.71 bits per heavy atom. The minimum absolute atomic E-state index is 0.0622. The lowest BCUT2D eigenvalue weighted by molar-refractivity contribution is -0.00923. The Morgan fingerprint density at radius 1 is 1.21 bits per heavy atom. The van der Waals surface area contributed by atoms with Gasteiger partial charge in [-0.05, 0) is 25.3 Å². The summed E-state index contributed by atoms with van der Waals surface area (Å²) < 4.78 is 0. The molecule has 3 unspecified atom stereocenters. The van der Waals surface area contributed by atoms with Gasteiger partial charge in [0.05, 0.1) is 6.10 Å². The summed E-state index contributed by atoms with van der Waals surface area (Å²) >= 11 is 0. The van der Waals surface area contributed by atoms with E-state index in [-0.39, 0.29) is 11.5 Å². The van der Waals surface area contributed by atoms with Crippen LogP contribution < -0.4 is 5.32 Å². The molecule has 0 radical (unpaired) electrons. The molecule has 1 heterocycles. The average Bonchev–Trinajstić information content (AvgIpc) is 2.52. The Bertz CT molecular complexity index is 195. The van der Waals surface area contributed by atoms with Crippen LogP contribution in [0.4, 0.5) is 0 Å². The molecule has 2 nitrogen and oxygen atoms in total. The van der Waals surface area contributed by atoms with E-state index in [2.05, 4.69) is 12.2 Å². The molecule has 1 spiro atoms. The monoisotopic (exact) mass is 197 g/mol. The van der Waals surface area contributed by atoms with Gasteiger partial charge in [-0.1, -0.05) is 32.6 Å². The topological polar surface area (TPSA) is 32.3 Å². The third kappa shape index (κ3) is 1.70. The molecule has 1 saturated carbocycles. The highest BCUT2D eigenvalue weighted by molar-refractivity contribution is 4.98. The Morgan fingerprint density at radius 2 is 2.00 bits per heavy atom. The molecule has 14 heavy (non-hydrogen) atoms. The highest BCUT2D eigenvalue weighted by Crippen LogP contribution is 2.42. The zero-order valence-corrected chi connectivity index (χ0v) is 9.26. The van der Waals surface area contributed by atoms with Crippen molar-refractivity contribution in [1.82, 2.24) is 5.32 Å². The number of nitrogens with one attached hydrogen (secondary N) is 1. The molecule has 0 bridgehead atoms. The van der Waals surface area contributed by atoms with Crippen LogP contribution in [0.3, 0.4) is 0 Å². The number of hydrogen-bond acceptors (Lipinski definition) is 2. The lowest BCUT2D eigenvalue weighted by atomic mass is 9.68. The van der Waals surface area contributed by atoms with Crippen molar-refractivity contribution < 1.29 is 5.11 Å². The third-order valence-electron chi connectivity index (χ3n) is 4.42. The molecule has 2 rings (SSSR count). The van der Waals surface area contributed by atoms with E-state index < -0.39 is 0 Å². The summed E-state index contributed by atoms with van der Waals surface area (Å²) in [6.45, 7) is 4.43. The maximum atomic E-state index is 10.3. The highest BCUT2D eigenvalue weighted by atomic mass is 16.3. The van der Waals surface area contributed by atoms with Crippen molar-refractivity contribution in [2.24, 2.45) is 11.3 Å². The first-order chi connectivity index (χ1) is 6.76. The molecule has 0 aromatic heterocycles. The fourth-order valence-electron chi connectivity index (χ4n) is 3.28. The standard InChI is InChI=1S/C12H23NO/c1-10-8-13-9-12(10)7-5-3-2-4-6-11(12)14/h10-11,13-14H,2-9H2,1H3. The summed E-state index contributed by atoms with van der Waals surface area (Å²) in [4.78, 5) is 0. The first-order valence-corrected chi connectivity index (χ1v) is 6.14. The smallest absolute Gasteiger partial charge is 0.0611 e. The second-order valence-electron chi connectivity index (χ2n) is 5.23. The summed E-state index contributed by atoms with van der Waals surface area (Å²) in [6.07, 6.45) is 7.39. The van der Waals surface area contributed by atoms with Crippen LogP contribution in [0.2, 0.25) is 0 Å². The van der Waals surface area contributed by atoms with Crippen molar-refractivity contribution in [2.45, 2.75) is 51.6 Å². The number of aliphatic hydroxyl groups excluding tert-OH is 1. The van der Waals surface area contributed by atoms with E-state index in [0.717, 1.165) is 19.5 Å². The van der Waals surface area contributed by atoms with Crippen molar-refractivity contribution in [3.63, 3.8) is 0 Å². The predicted octanol–water partition coefficient (Wildman–Crippen LogP) is 1.93. The van der Waals surface area contributed by atoms with Gasteiger partial charge < -0.3 is 10.4 Å². The normalized spacial score (nSPS) is 45.0. The minimum atomic E-state index is -0.0622. The van der Waals surface area contributed by atoms with Crippen LogP contribution in [0.5, 0.6) is 0 Å². The van der Waals surface area contributed by atoms with Crippen molar-refractivity contribution in [2.75, 3.05) is 13.1 Å². The Hall–Kier alpha value is -0.0800. The van der Waals surface area contributed by atoms with Crippen LogP contribution in [-0.2, 0) is 0 Å². The Kier molecular flexibility index (Phi) is 3.13. The van der Waals surface area contributed by atoms with Gasteiger partial charge in [0.2, 0.25) is 0 Å². The molecule has 0 aromatic carbocycles. The van der Waals surface area contributed by atoms with E-state index in [4.69, 9.17) is 0 Å². The van der Waals surface area contributed by atoms with Gasteiger partial charge in [0.15, 0.2) is 0 Å². The van der Waals surface area contributed by atoms with E-state index >= 15 is 0 Å². The first-order valence-electron chi connectivity index (χ1n) is 6.14. The fourth-order valence-corrected chi connectivity index (χ4v) is 3.28. The van der Waals surface area contributed by atoms with Crippen LogP contribution in [0.25, 0.3) is 0 Å². The van der Waals surface area contributed by atoms with E-state index in [1.807, 2.05) is 0 Å². The van der Waals surface area contributed by atoms with Gasteiger partial charge in [-0.3, -0.25) is 0 Å². The molecule has 1 aliphatic carbocycles. The van der Waals surface area contributed by atoms with Crippen LogP contribution in [0.1, 0.15) is 45.4 Å². The van der Waals surface area contributed by atoms with Gasteiger partial charge in [0.25, 0.3) is 0 Å². The lowest BCUT2D eigenvalue weighted by Gasteiger charge is -2.39. The average molecular weight is 197 g/mol. The molecular formula is C12H23NO. The summed E-state index contributed by atoms with van der Waals surface area (Å²) in [5, 5.41) is 13.7. The number of hydrogen-bond donors (Lipinski definition) is 2. The second kappa shape index (κ2) is 4.19. The molecule has 2 fully saturated rings. The maximum Gasteiger partial charge on any atom is 0.0611 e. The molecular weight excluding hydrogens is 174 g/mol. The molecule has 3 atom stereocenters. The second-order valence-corrected chi connectivity index (χ2v) is 5.23. The summed E-state index contributed by atoms with van der Waals surface area (Å²) in [6, 6.07) is 0. The van der Waals surface area contributed by atoms with E-state index in [1.54, 1.807) is 0 Å². The van der Waals surface area contributed by atoms with Gasteiger partial charge >= 0.3 is 0 Å². The van der Waals surface area contributed by atoms with Crippen LogP contribution >= 0.6 is 0 Å². The molecule has 1 saturated heterocycles. The summed E-state index contributed by atoms with van der Waals surface area (Å²) in [7, 11) is 0. The zero-order valence-electron chi connectivity index (χ0n) is 9.26. The van der Waals surface area contributed by atoms with Crippen molar-refractivity contribution in [1.29, 1.82) is 0 Å². The summed E-state index contributed by atoms with van der Waals surface area (Å²) in [5.74, 6) is 0.649. The third-order valence-corrected chi connectivity index (χ3v) is 4.42. The van der Waals surface area contributed by atoms with Gasteiger partial charge in [0, 0.05) is 12.0 Å². The Balaban J connectivity index is 2.11.